The van der Waals surface area contributed by atoms with Crippen LogP contribution in [-0.2, 0) is 0 Å². The van der Waals surface area contributed by atoms with Crippen molar-refractivity contribution in [3.05, 3.63) is 81.9 Å². The first-order chi connectivity index (χ1) is 14.9. The Labute approximate surface area is 188 Å². The van der Waals surface area contributed by atoms with Crippen LogP contribution in [0.4, 0.5) is 0 Å². The van der Waals surface area contributed by atoms with Gasteiger partial charge in [0, 0.05) is 16.6 Å². The Morgan fingerprint density at radius 2 is 1.97 bits per heavy atom. The zero-order valence-electron chi connectivity index (χ0n) is 16.6. The quantitative estimate of drug-likeness (QED) is 0.448. The van der Waals surface area contributed by atoms with Gasteiger partial charge in [-0.25, -0.2) is 4.98 Å². The molecule has 1 aliphatic heterocycles. The maximum atomic E-state index is 13.7. The lowest BCUT2D eigenvalue weighted by atomic mass is 10.1. The van der Waals surface area contributed by atoms with Crippen molar-refractivity contribution in [2.45, 2.75) is 19.4 Å². The summed E-state index contributed by atoms with van der Waals surface area (Å²) in [6.45, 7) is 6.49. The lowest BCUT2D eigenvalue weighted by Crippen LogP contribution is -2.32. The van der Waals surface area contributed by atoms with E-state index in [0.29, 0.717) is 40.1 Å². The van der Waals surface area contributed by atoms with Gasteiger partial charge in [-0.3, -0.25) is 4.79 Å². The zero-order valence-corrected chi connectivity index (χ0v) is 18.2. The van der Waals surface area contributed by atoms with Crippen molar-refractivity contribution in [1.29, 1.82) is 0 Å². The average Bonchev–Trinajstić information content (AvgIpc) is 3.49. The van der Waals surface area contributed by atoms with Crippen molar-refractivity contribution in [1.82, 2.24) is 29.9 Å². The third-order valence-corrected chi connectivity index (χ3v) is 6.17. The molecular weight excluding hydrogens is 435 g/mol. The van der Waals surface area contributed by atoms with Gasteiger partial charge in [0.15, 0.2) is 0 Å². The molecule has 7 nitrogen and oxygen atoms in total. The van der Waals surface area contributed by atoms with Crippen LogP contribution >= 0.6 is 23.2 Å². The molecule has 0 saturated carbocycles. The van der Waals surface area contributed by atoms with Gasteiger partial charge in [0.1, 0.15) is 5.82 Å². The van der Waals surface area contributed by atoms with Gasteiger partial charge in [-0.15, -0.1) is 0 Å². The molecular formula is C22H18Cl2N6O. The molecule has 9 heteroatoms. The Hall–Kier alpha value is -3.16. The Bertz CT molecular complexity index is 1330. The molecule has 31 heavy (non-hydrogen) atoms. The molecule has 1 N–H and O–H groups in total. The number of nitrogens with zero attached hydrogens (tertiary/aromatic N) is 5. The van der Waals surface area contributed by atoms with Crippen LogP contribution in [0.3, 0.4) is 0 Å². The number of aryl methyl sites for hydroxylation is 1. The third-order valence-electron chi connectivity index (χ3n) is 5.52. The number of carbonyl (C=O) groups is 1. The lowest BCUT2D eigenvalue weighted by molar-refractivity contribution is 0.0732. The second-order valence-corrected chi connectivity index (χ2v) is 8.42. The maximum absolute atomic E-state index is 13.7. The highest BCUT2D eigenvalue weighted by Gasteiger charge is 2.36. The Morgan fingerprint density at radius 3 is 2.74 bits per heavy atom. The SMILES string of the molecule is C=C1CC(c2nc3ccc(Cl)c(C)c3[nH]2)N(C(=O)c2cc(Cl)ccc2-n2nccn2)C1. The molecule has 1 unspecified atom stereocenters. The lowest BCUT2D eigenvalue weighted by Gasteiger charge is -2.24. The number of rotatable bonds is 3. The topological polar surface area (TPSA) is 79.7 Å². The number of aromatic nitrogens is 5. The van der Waals surface area contributed by atoms with Gasteiger partial charge in [-0.2, -0.15) is 15.0 Å². The Balaban J connectivity index is 1.57. The molecule has 4 aromatic rings. The fourth-order valence-electron chi connectivity index (χ4n) is 3.97. The van der Waals surface area contributed by atoms with E-state index in [1.165, 1.54) is 4.80 Å². The van der Waals surface area contributed by atoms with Gasteiger partial charge in [-0.1, -0.05) is 35.4 Å². The number of carbonyl (C=O) groups excluding carboxylic acids is 1. The molecule has 156 valence electrons. The molecule has 0 bridgehead atoms. The zero-order chi connectivity index (χ0) is 21.7. The van der Waals surface area contributed by atoms with Crippen molar-refractivity contribution in [2.24, 2.45) is 0 Å². The predicted octanol–water partition coefficient (Wildman–Crippen LogP) is 4.90. The summed E-state index contributed by atoms with van der Waals surface area (Å²) in [5.74, 6) is 0.516. The van der Waals surface area contributed by atoms with Crippen LogP contribution in [0.5, 0.6) is 0 Å². The summed E-state index contributed by atoms with van der Waals surface area (Å²) in [6, 6.07) is 8.52. The molecule has 1 aliphatic rings. The number of imidazole rings is 1. The number of aromatic amines is 1. The normalized spacial score (nSPS) is 16.4. The monoisotopic (exact) mass is 452 g/mol. The van der Waals surface area contributed by atoms with E-state index in [0.717, 1.165) is 22.2 Å². The number of hydrogen-bond acceptors (Lipinski definition) is 4. The molecule has 1 saturated heterocycles. The van der Waals surface area contributed by atoms with Crippen molar-refractivity contribution in [2.75, 3.05) is 6.54 Å². The van der Waals surface area contributed by atoms with Crippen LogP contribution < -0.4 is 0 Å². The summed E-state index contributed by atoms with van der Waals surface area (Å²) in [7, 11) is 0. The molecule has 0 radical (unpaired) electrons. The Morgan fingerprint density at radius 1 is 1.19 bits per heavy atom. The largest absolute Gasteiger partial charge is 0.340 e. The minimum absolute atomic E-state index is 0.186. The van der Waals surface area contributed by atoms with Crippen LogP contribution in [0.2, 0.25) is 10.0 Å². The summed E-state index contributed by atoms with van der Waals surface area (Å²) in [5, 5.41) is 9.47. The molecule has 3 heterocycles. The molecule has 5 rings (SSSR count). The maximum Gasteiger partial charge on any atom is 0.257 e. The fraction of sp³-hybridized carbons (Fsp3) is 0.182. The van der Waals surface area contributed by atoms with E-state index in [-0.39, 0.29) is 11.9 Å². The molecule has 0 aliphatic carbocycles. The minimum Gasteiger partial charge on any atom is -0.340 e. The first-order valence-corrected chi connectivity index (χ1v) is 10.5. The highest BCUT2D eigenvalue weighted by Crippen LogP contribution is 2.37. The minimum atomic E-state index is -0.275. The first kappa shape index (κ1) is 19.8. The fourth-order valence-corrected chi connectivity index (χ4v) is 4.30. The average molecular weight is 453 g/mol. The number of benzene rings is 2. The van der Waals surface area contributed by atoms with Crippen LogP contribution in [0, 0.1) is 6.92 Å². The van der Waals surface area contributed by atoms with Gasteiger partial charge < -0.3 is 9.88 Å². The third kappa shape index (κ3) is 3.40. The highest BCUT2D eigenvalue weighted by molar-refractivity contribution is 6.32. The number of fused-ring (bicyclic) bond motifs is 1. The van der Waals surface area contributed by atoms with E-state index in [1.54, 1.807) is 35.5 Å². The molecule has 1 amide bonds. The van der Waals surface area contributed by atoms with E-state index in [4.69, 9.17) is 28.2 Å². The van der Waals surface area contributed by atoms with Crippen molar-refractivity contribution in [3.63, 3.8) is 0 Å². The predicted molar refractivity (Wildman–Crippen MR) is 120 cm³/mol. The van der Waals surface area contributed by atoms with Crippen LogP contribution in [0.1, 0.15) is 34.2 Å². The summed E-state index contributed by atoms with van der Waals surface area (Å²) < 4.78 is 0. The summed E-state index contributed by atoms with van der Waals surface area (Å²) in [6.07, 6.45) is 3.74. The van der Waals surface area contributed by atoms with Crippen LogP contribution in [0.25, 0.3) is 16.7 Å². The molecule has 1 fully saturated rings. The van der Waals surface area contributed by atoms with E-state index in [9.17, 15) is 4.79 Å². The summed E-state index contributed by atoms with van der Waals surface area (Å²) in [4.78, 5) is 25.0. The highest BCUT2D eigenvalue weighted by atomic mass is 35.5. The van der Waals surface area contributed by atoms with Gasteiger partial charge in [0.2, 0.25) is 0 Å². The summed E-state index contributed by atoms with van der Waals surface area (Å²) >= 11 is 12.5. The number of amides is 1. The summed E-state index contributed by atoms with van der Waals surface area (Å²) in [5.41, 5.74) is 4.54. The molecule has 2 aromatic heterocycles. The number of nitrogens with one attached hydrogen (secondary N) is 1. The number of halogens is 2. The molecule has 2 aromatic carbocycles. The van der Waals surface area contributed by atoms with Crippen molar-refractivity contribution >= 4 is 40.1 Å². The van der Waals surface area contributed by atoms with E-state index in [1.807, 2.05) is 19.1 Å². The second kappa shape index (κ2) is 7.51. The van der Waals surface area contributed by atoms with Crippen LogP contribution in [-0.4, -0.2) is 42.3 Å². The first-order valence-electron chi connectivity index (χ1n) is 9.71. The van der Waals surface area contributed by atoms with Gasteiger partial charge in [0.05, 0.1) is 40.7 Å². The number of H-pyrrole nitrogens is 1. The van der Waals surface area contributed by atoms with E-state index < -0.39 is 0 Å². The smallest absolute Gasteiger partial charge is 0.257 e. The van der Waals surface area contributed by atoms with Gasteiger partial charge in [-0.05, 0) is 49.2 Å². The molecule has 0 spiro atoms. The van der Waals surface area contributed by atoms with Crippen molar-refractivity contribution < 1.29 is 4.79 Å². The van der Waals surface area contributed by atoms with Crippen LogP contribution in [0.15, 0.2) is 54.9 Å². The van der Waals surface area contributed by atoms with E-state index >= 15 is 0 Å². The van der Waals surface area contributed by atoms with Crippen molar-refractivity contribution in [3.8, 4) is 5.69 Å². The standard InChI is InChI=1S/C22H18Cl2N6O/c1-12-9-19(21-27-17-5-4-16(24)13(2)20(17)28-21)29(11-12)22(31)15-10-14(23)3-6-18(15)30-25-7-8-26-30/h3-8,10,19H,1,9,11H2,2H3,(H,27,28). The Kier molecular flexibility index (Phi) is 4.79. The number of hydrogen-bond donors (Lipinski definition) is 1. The van der Waals surface area contributed by atoms with Gasteiger partial charge >= 0.3 is 0 Å². The van der Waals surface area contributed by atoms with E-state index in [2.05, 4.69) is 21.8 Å². The molecule has 1 atom stereocenters. The second-order valence-electron chi connectivity index (χ2n) is 7.57. The number of likely N-dealkylation sites (tertiary alicyclic amines) is 1. The van der Waals surface area contributed by atoms with Gasteiger partial charge in [0.25, 0.3) is 5.91 Å².